The van der Waals surface area contributed by atoms with Gasteiger partial charge >= 0.3 is 11.9 Å². The molecule has 15 nitrogen and oxygen atoms in total. The van der Waals surface area contributed by atoms with Crippen LogP contribution in [0.2, 0.25) is 0 Å². The summed E-state index contributed by atoms with van der Waals surface area (Å²) >= 11 is 0. The van der Waals surface area contributed by atoms with Crippen molar-refractivity contribution in [2.75, 3.05) is 13.7 Å². The van der Waals surface area contributed by atoms with Crippen LogP contribution in [0.4, 0.5) is 0 Å². The van der Waals surface area contributed by atoms with Gasteiger partial charge in [-0.25, -0.2) is 9.59 Å². The van der Waals surface area contributed by atoms with E-state index in [0.717, 1.165) is 24.3 Å². The first kappa shape index (κ1) is 37.9. The van der Waals surface area contributed by atoms with Crippen LogP contribution in [0.5, 0.6) is 34.5 Å². The van der Waals surface area contributed by atoms with Crippen molar-refractivity contribution in [3.63, 3.8) is 0 Å². The number of phenols is 4. The summed E-state index contributed by atoms with van der Waals surface area (Å²) in [5.74, 6) is -2.37. The molecule has 4 aromatic carbocycles. The Morgan fingerprint density at radius 1 is 0.745 bits per heavy atom. The number of aliphatic hydroxyl groups excluding tert-OH is 2. The zero-order valence-corrected chi connectivity index (χ0v) is 28.8. The van der Waals surface area contributed by atoms with E-state index in [4.69, 9.17) is 28.1 Å². The van der Waals surface area contributed by atoms with Crippen LogP contribution in [-0.2, 0) is 23.8 Å². The van der Waals surface area contributed by atoms with E-state index in [0.29, 0.717) is 16.7 Å². The summed E-state index contributed by atoms with van der Waals surface area (Å²) in [6, 6.07) is 19.6. The average molecular weight is 755 g/mol. The van der Waals surface area contributed by atoms with Crippen molar-refractivity contribution < 1.29 is 68.3 Å². The van der Waals surface area contributed by atoms with Gasteiger partial charge < -0.3 is 58.7 Å². The van der Waals surface area contributed by atoms with Crippen LogP contribution in [0.25, 0.3) is 34.4 Å². The lowest BCUT2D eigenvalue weighted by molar-refractivity contribution is -0.282. The second-order valence-corrected chi connectivity index (χ2v) is 12.2. The first-order valence-electron chi connectivity index (χ1n) is 16.6. The highest BCUT2D eigenvalue weighted by Crippen LogP contribution is 2.37. The average Bonchev–Trinajstić information content (AvgIpc) is 3.16. The molecular weight excluding hydrogens is 720 g/mol. The summed E-state index contributed by atoms with van der Waals surface area (Å²) in [4.78, 5) is 38.3. The standard InChI is InChI=1S/C40H34O15/c1-50-31-16-23(30-19-28(45)36-27(44)17-26(43)18-32(36)52-30)8-13-29(31)53-40-39(55-35(47)15-7-22-4-11-25(42)12-5-22)38(49)37(48)33(54-40)20-51-34(46)14-6-21-2-9-24(41)10-3-21/h2-19,33,37-44,48-49H,20H2,1H3/t33-,37-,38+,39-,40-/m1/s1. The van der Waals surface area contributed by atoms with Crippen LogP contribution in [0.15, 0.2) is 106 Å². The second-order valence-electron chi connectivity index (χ2n) is 12.2. The van der Waals surface area contributed by atoms with Crippen LogP contribution < -0.4 is 14.9 Å². The van der Waals surface area contributed by atoms with Gasteiger partial charge in [0, 0.05) is 35.9 Å². The van der Waals surface area contributed by atoms with Crippen molar-refractivity contribution in [3.8, 4) is 45.8 Å². The Balaban J connectivity index is 1.24. The number of aliphatic hydroxyl groups is 2. The van der Waals surface area contributed by atoms with Crippen molar-refractivity contribution >= 4 is 35.1 Å². The van der Waals surface area contributed by atoms with Crippen LogP contribution in [0.3, 0.4) is 0 Å². The fourth-order valence-electron chi connectivity index (χ4n) is 5.59. The summed E-state index contributed by atoms with van der Waals surface area (Å²) in [7, 11) is 1.32. The van der Waals surface area contributed by atoms with Crippen molar-refractivity contribution in [2.24, 2.45) is 0 Å². The van der Waals surface area contributed by atoms with Crippen LogP contribution >= 0.6 is 0 Å². The van der Waals surface area contributed by atoms with E-state index in [1.54, 1.807) is 24.3 Å². The molecule has 6 rings (SSSR count). The van der Waals surface area contributed by atoms with Gasteiger partial charge in [-0.2, -0.15) is 0 Å². The molecular formula is C40H34O15. The first-order valence-corrected chi connectivity index (χ1v) is 16.6. The third kappa shape index (κ3) is 9.05. The molecule has 1 aliphatic heterocycles. The zero-order valence-electron chi connectivity index (χ0n) is 28.8. The summed E-state index contributed by atoms with van der Waals surface area (Å²) in [6.07, 6.45) is -3.17. The van der Waals surface area contributed by atoms with Crippen LogP contribution in [-0.4, -0.2) is 87.0 Å². The summed E-state index contributed by atoms with van der Waals surface area (Å²) in [5.41, 5.74) is 0.804. The maximum absolute atomic E-state index is 12.9. The molecule has 15 heteroatoms. The lowest BCUT2D eigenvalue weighted by Gasteiger charge is -2.41. The predicted molar refractivity (Wildman–Crippen MR) is 194 cm³/mol. The summed E-state index contributed by atoms with van der Waals surface area (Å²) < 4.78 is 34.1. The van der Waals surface area contributed by atoms with E-state index >= 15 is 0 Å². The van der Waals surface area contributed by atoms with Gasteiger partial charge in [-0.3, -0.25) is 4.79 Å². The van der Waals surface area contributed by atoms with Gasteiger partial charge in [0.25, 0.3) is 0 Å². The van der Waals surface area contributed by atoms with E-state index in [2.05, 4.69) is 0 Å². The molecule has 0 aliphatic carbocycles. The lowest BCUT2D eigenvalue weighted by Crippen LogP contribution is -2.61. The molecule has 0 unspecified atom stereocenters. The molecule has 284 valence electrons. The quantitative estimate of drug-likeness (QED) is 0.0827. The molecule has 55 heavy (non-hydrogen) atoms. The van der Waals surface area contributed by atoms with Crippen molar-refractivity contribution in [2.45, 2.75) is 30.7 Å². The molecule has 1 saturated heterocycles. The predicted octanol–water partition coefficient (Wildman–Crippen LogP) is 4.00. The van der Waals surface area contributed by atoms with Crippen LogP contribution in [0.1, 0.15) is 11.1 Å². The Kier molecular flexibility index (Phi) is 11.4. The van der Waals surface area contributed by atoms with Crippen molar-refractivity contribution in [3.05, 3.63) is 118 Å². The SMILES string of the molecule is COc1cc(-c2cc(=O)c3c(O)cc(O)cc3o2)ccc1O[C@@H]1O[C@H](COC(=O)C=Cc2ccc(O)cc2)[C@@H](O)[C@H](O)[C@H]1OC(=O)C=Cc1ccc(O)cc1. The van der Waals surface area contributed by atoms with Gasteiger partial charge in [-0.05, 0) is 65.7 Å². The third-order valence-electron chi connectivity index (χ3n) is 8.38. The number of fused-ring (bicyclic) bond motifs is 1. The molecule has 0 amide bonds. The highest BCUT2D eigenvalue weighted by molar-refractivity contribution is 5.88. The Hall–Kier alpha value is -6.81. The van der Waals surface area contributed by atoms with E-state index in [1.165, 1.54) is 67.8 Å². The molecule has 5 atom stereocenters. The highest BCUT2D eigenvalue weighted by Gasteiger charge is 2.48. The number of methoxy groups -OCH3 is 1. The van der Waals surface area contributed by atoms with Gasteiger partial charge in [0.05, 0.1) is 7.11 Å². The molecule has 6 N–H and O–H groups in total. The Labute approximate surface area is 311 Å². The molecule has 1 aliphatic rings. The largest absolute Gasteiger partial charge is 0.508 e. The number of rotatable bonds is 11. The highest BCUT2D eigenvalue weighted by atomic mass is 16.7. The van der Waals surface area contributed by atoms with Crippen molar-refractivity contribution in [1.82, 2.24) is 0 Å². The normalized spacial score (nSPS) is 19.7. The molecule has 1 fully saturated rings. The monoisotopic (exact) mass is 754 g/mol. The Bertz CT molecular complexity index is 2290. The van der Waals surface area contributed by atoms with Crippen LogP contribution in [0, 0.1) is 0 Å². The maximum atomic E-state index is 12.9. The fourth-order valence-corrected chi connectivity index (χ4v) is 5.59. The third-order valence-corrected chi connectivity index (χ3v) is 8.38. The molecule has 5 aromatic rings. The van der Waals surface area contributed by atoms with Gasteiger partial charge in [-0.1, -0.05) is 24.3 Å². The maximum Gasteiger partial charge on any atom is 0.331 e. The van der Waals surface area contributed by atoms with E-state index in [-0.39, 0.29) is 45.5 Å². The molecule has 0 spiro atoms. The molecule has 2 heterocycles. The minimum Gasteiger partial charge on any atom is -0.508 e. The Morgan fingerprint density at radius 3 is 2.02 bits per heavy atom. The number of hydrogen-bond donors (Lipinski definition) is 6. The number of carbonyl (C=O) groups is 2. The number of esters is 2. The molecule has 0 radical (unpaired) electrons. The topological polar surface area (TPSA) is 232 Å². The lowest BCUT2D eigenvalue weighted by atomic mass is 9.99. The Morgan fingerprint density at radius 2 is 1.38 bits per heavy atom. The molecule has 0 bridgehead atoms. The van der Waals surface area contributed by atoms with E-state index in [1.807, 2.05) is 0 Å². The number of aromatic hydroxyl groups is 4. The van der Waals surface area contributed by atoms with E-state index < -0.39 is 60.4 Å². The smallest absolute Gasteiger partial charge is 0.331 e. The zero-order chi connectivity index (χ0) is 39.2. The molecule has 1 aromatic heterocycles. The van der Waals surface area contributed by atoms with Gasteiger partial charge in [0.15, 0.2) is 23.0 Å². The van der Waals surface area contributed by atoms with Gasteiger partial charge in [0.2, 0.25) is 6.29 Å². The number of carbonyl (C=O) groups excluding carboxylic acids is 2. The first-order chi connectivity index (χ1) is 26.4. The number of hydrogen-bond acceptors (Lipinski definition) is 15. The van der Waals surface area contributed by atoms with Gasteiger partial charge in [-0.15, -0.1) is 0 Å². The molecule has 0 saturated carbocycles. The van der Waals surface area contributed by atoms with Crippen molar-refractivity contribution in [1.29, 1.82) is 0 Å². The number of ether oxygens (including phenoxy) is 5. The summed E-state index contributed by atoms with van der Waals surface area (Å²) in [5, 5.41) is 61.1. The minimum absolute atomic E-state index is 0.00785. The minimum atomic E-state index is -1.81. The summed E-state index contributed by atoms with van der Waals surface area (Å²) in [6.45, 7) is -0.555. The van der Waals surface area contributed by atoms with E-state index in [9.17, 15) is 45.0 Å². The number of benzene rings is 4. The number of phenolic OH excluding ortho intramolecular Hbond substituents is 4. The van der Waals surface area contributed by atoms with Gasteiger partial charge in [0.1, 0.15) is 64.6 Å². The second kappa shape index (κ2) is 16.5. The fraction of sp³-hybridized carbons (Fsp3) is 0.175.